The summed E-state index contributed by atoms with van der Waals surface area (Å²) >= 11 is 0. The third kappa shape index (κ3) is 2.26. The van der Waals surface area contributed by atoms with Crippen molar-refractivity contribution in [1.29, 1.82) is 5.26 Å². The van der Waals surface area contributed by atoms with Gasteiger partial charge in [-0.3, -0.25) is 9.69 Å². The number of carbonyl (C=O) groups is 1. The number of anilines is 1. The lowest BCUT2D eigenvalue weighted by Crippen LogP contribution is -2.24. The van der Waals surface area contributed by atoms with Crippen LogP contribution in [0, 0.1) is 18.3 Å². The Bertz CT molecular complexity index is 421. The monoisotopic (exact) mass is 204 g/mol. The van der Waals surface area contributed by atoms with Crippen LogP contribution < -0.4 is 9.64 Å². The van der Waals surface area contributed by atoms with Crippen molar-refractivity contribution in [2.75, 3.05) is 19.1 Å². The molecule has 0 saturated heterocycles. The number of hydrogen-bond acceptors (Lipinski definition) is 3. The second-order valence-electron chi connectivity index (χ2n) is 3.15. The van der Waals surface area contributed by atoms with E-state index in [0.717, 1.165) is 5.56 Å². The molecule has 0 aliphatic heterocycles. The average Bonchev–Trinajstić information content (AvgIpc) is 2.27. The van der Waals surface area contributed by atoms with Crippen molar-refractivity contribution in [3.8, 4) is 11.8 Å². The van der Waals surface area contributed by atoms with Crippen LogP contribution in [0.4, 0.5) is 5.69 Å². The number of amides is 1. The first-order valence-electron chi connectivity index (χ1n) is 4.42. The Morgan fingerprint density at radius 2 is 2.20 bits per heavy atom. The Morgan fingerprint density at radius 3 is 2.73 bits per heavy atom. The first kappa shape index (κ1) is 11.1. The number of aryl methyl sites for hydroxylation is 1. The minimum Gasteiger partial charge on any atom is -0.495 e. The molecule has 0 spiro atoms. The van der Waals surface area contributed by atoms with Gasteiger partial charge in [-0.2, -0.15) is 5.26 Å². The molecule has 78 valence electrons. The van der Waals surface area contributed by atoms with Crippen LogP contribution in [0.5, 0.6) is 5.75 Å². The minimum atomic E-state index is -0.612. The highest BCUT2D eigenvalue weighted by Crippen LogP contribution is 2.28. The zero-order valence-corrected chi connectivity index (χ0v) is 8.94. The average molecular weight is 204 g/mol. The van der Waals surface area contributed by atoms with Crippen molar-refractivity contribution in [2.24, 2.45) is 0 Å². The Hall–Kier alpha value is -2.02. The third-order valence-corrected chi connectivity index (χ3v) is 2.10. The molecular formula is C11H12N2O2. The van der Waals surface area contributed by atoms with Crippen LogP contribution in [0.1, 0.15) is 5.56 Å². The summed E-state index contributed by atoms with van der Waals surface area (Å²) in [5.41, 5.74) is 1.60. The summed E-state index contributed by atoms with van der Waals surface area (Å²) in [6.45, 7) is 1.91. The van der Waals surface area contributed by atoms with E-state index < -0.39 is 5.91 Å². The molecule has 0 N–H and O–H groups in total. The maximum Gasteiger partial charge on any atom is 0.329 e. The fourth-order valence-corrected chi connectivity index (χ4v) is 1.25. The maximum absolute atomic E-state index is 11.2. The number of ether oxygens (including phenoxy) is 1. The zero-order chi connectivity index (χ0) is 11.4. The molecule has 0 aliphatic carbocycles. The van der Waals surface area contributed by atoms with Crippen molar-refractivity contribution in [3.63, 3.8) is 0 Å². The van der Waals surface area contributed by atoms with E-state index in [1.807, 2.05) is 13.0 Å². The van der Waals surface area contributed by atoms with Gasteiger partial charge in [-0.1, -0.05) is 6.07 Å². The molecule has 0 heterocycles. The quantitative estimate of drug-likeness (QED) is 0.686. The number of methoxy groups -OCH3 is 1. The van der Waals surface area contributed by atoms with E-state index in [1.165, 1.54) is 12.0 Å². The molecule has 0 fully saturated rings. The number of nitriles is 1. The van der Waals surface area contributed by atoms with E-state index in [4.69, 9.17) is 10.00 Å². The van der Waals surface area contributed by atoms with Crippen molar-refractivity contribution in [3.05, 3.63) is 23.8 Å². The molecule has 4 nitrogen and oxygen atoms in total. The molecule has 0 atom stereocenters. The highest BCUT2D eigenvalue weighted by Gasteiger charge is 2.14. The molecule has 0 aliphatic rings. The van der Waals surface area contributed by atoms with Gasteiger partial charge < -0.3 is 4.74 Å². The van der Waals surface area contributed by atoms with Gasteiger partial charge in [0.05, 0.1) is 12.8 Å². The summed E-state index contributed by atoms with van der Waals surface area (Å²) in [5.74, 6) is -0.0365. The summed E-state index contributed by atoms with van der Waals surface area (Å²) in [6.07, 6.45) is 0. The number of rotatable bonds is 2. The highest BCUT2D eigenvalue weighted by atomic mass is 16.5. The first-order valence-corrected chi connectivity index (χ1v) is 4.42. The minimum absolute atomic E-state index is 0.576. The SMILES string of the molecule is COc1ccc(C)cc1N(C)C(=O)C#N. The van der Waals surface area contributed by atoms with Gasteiger partial charge in [0.25, 0.3) is 0 Å². The molecule has 1 rings (SSSR count). The number of carbonyl (C=O) groups excluding carboxylic acids is 1. The van der Waals surface area contributed by atoms with Crippen molar-refractivity contribution >= 4 is 11.6 Å². The van der Waals surface area contributed by atoms with Crippen LogP contribution in [-0.4, -0.2) is 20.1 Å². The van der Waals surface area contributed by atoms with Gasteiger partial charge in [-0.15, -0.1) is 0 Å². The second-order valence-corrected chi connectivity index (χ2v) is 3.15. The Balaban J connectivity index is 3.17. The molecule has 15 heavy (non-hydrogen) atoms. The maximum atomic E-state index is 11.2. The lowest BCUT2D eigenvalue weighted by Gasteiger charge is -2.17. The van der Waals surface area contributed by atoms with Crippen LogP contribution in [0.2, 0.25) is 0 Å². The molecule has 0 unspecified atom stereocenters. The fourth-order valence-electron chi connectivity index (χ4n) is 1.25. The van der Waals surface area contributed by atoms with E-state index in [-0.39, 0.29) is 0 Å². The fraction of sp³-hybridized carbons (Fsp3) is 0.273. The van der Waals surface area contributed by atoms with Crippen molar-refractivity contribution in [2.45, 2.75) is 6.92 Å². The van der Waals surface area contributed by atoms with E-state index in [1.54, 1.807) is 25.2 Å². The predicted molar refractivity (Wildman–Crippen MR) is 56.8 cm³/mol. The molecule has 0 saturated carbocycles. The summed E-state index contributed by atoms with van der Waals surface area (Å²) < 4.78 is 5.11. The summed E-state index contributed by atoms with van der Waals surface area (Å²) in [7, 11) is 3.07. The van der Waals surface area contributed by atoms with Gasteiger partial charge in [-0.05, 0) is 24.6 Å². The molecule has 1 aromatic carbocycles. The normalized spacial score (nSPS) is 9.20. The van der Waals surface area contributed by atoms with E-state index in [0.29, 0.717) is 11.4 Å². The second kappa shape index (κ2) is 4.47. The topological polar surface area (TPSA) is 53.3 Å². The van der Waals surface area contributed by atoms with E-state index in [9.17, 15) is 4.79 Å². The Labute approximate surface area is 88.7 Å². The first-order chi connectivity index (χ1) is 7.10. The summed E-state index contributed by atoms with van der Waals surface area (Å²) in [5, 5.41) is 8.52. The standard InChI is InChI=1S/C11H12N2O2/c1-8-4-5-10(15-3)9(6-8)13(2)11(14)7-12/h4-6H,1-3H3. The predicted octanol–water partition coefficient (Wildman–Crippen LogP) is 1.49. The van der Waals surface area contributed by atoms with Gasteiger partial charge in [0, 0.05) is 7.05 Å². The largest absolute Gasteiger partial charge is 0.495 e. The summed E-state index contributed by atoms with van der Waals surface area (Å²) in [4.78, 5) is 12.5. The van der Waals surface area contributed by atoms with Gasteiger partial charge in [0.15, 0.2) is 6.07 Å². The zero-order valence-electron chi connectivity index (χ0n) is 8.94. The van der Waals surface area contributed by atoms with Gasteiger partial charge >= 0.3 is 5.91 Å². The number of benzene rings is 1. The van der Waals surface area contributed by atoms with Crippen LogP contribution in [0.25, 0.3) is 0 Å². The third-order valence-electron chi connectivity index (χ3n) is 2.10. The van der Waals surface area contributed by atoms with Crippen LogP contribution in [-0.2, 0) is 4.79 Å². The Kier molecular flexibility index (Phi) is 3.29. The van der Waals surface area contributed by atoms with Gasteiger partial charge in [0.2, 0.25) is 0 Å². The van der Waals surface area contributed by atoms with E-state index >= 15 is 0 Å². The molecule has 1 aromatic rings. The molecule has 4 heteroatoms. The number of nitrogens with zero attached hydrogens (tertiary/aromatic N) is 2. The molecule has 0 aromatic heterocycles. The van der Waals surface area contributed by atoms with E-state index in [2.05, 4.69) is 0 Å². The molecule has 0 radical (unpaired) electrons. The molecular weight excluding hydrogens is 192 g/mol. The Morgan fingerprint density at radius 1 is 1.53 bits per heavy atom. The van der Waals surface area contributed by atoms with Crippen LogP contribution in [0.15, 0.2) is 18.2 Å². The highest BCUT2D eigenvalue weighted by molar-refractivity contribution is 6.04. The smallest absolute Gasteiger partial charge is 0.329 e. The molecule has 0 bridgehead atoms. The molecule has 1 amide bonds. The van der Waals surface area contributed by atoms with Crippen molar-refractivity contribution in [1.82, 2.24) is 0 Å². The summed E-state index contributed by atoms with van der Waals surface area (Å²) in [6, 6.07) is 7.02. The van der Waals surface area contributed by atoms with Gasteiger partial charge in [-0.25, -0.2) is 0 Å². The lowest BCUT2D eigenvalue weighted by atomic mass is 10.2. The number of hydrogen-bond donors (Lipinski definition) is 0. The van der Waals surface area contributed by atoms with Crippen molar-refractivity contribution < 1.29 is 9.53 Å². The van der Waals surface area contributed by atoms with Crippen LogP contribution >= 0.6 is 0 Å². The van der Waals surface area contributed by atoms with Crippen LogP contribution in [0.3, 0.4) is 0 Å². The van der Waals surface area contributed by atoms with Gasteiger partial charge in [0.1, 0.15) is 5.75 Å². The lowest BCUT2D eigenvalue weighted by molar-refractivity contribution is -0.113.